The van der Waals surface area contributed by atoms with E-state index in [-0.39, 0.29) is 0 Å². The van der Waals surface area contributed by atoms with Gasteiger partial charge in [0, 0.05) is 4.90 Å². The Morgan fingerprint density at radius 2 is 1.48 bits per heavy atom. The van der Waals surface area contributed by atoms with Crippen LogP contribution >= 0.6 is 11.8 Å². The minimum absolute atomic E-state index is 0.387. The first kappa shape index (κ1) is 17.1. The Kier molecular flexibility index (Phi) is 5.75. The molecule has 0 aliphatic carbocycles. The van der Waals surface area contributed by atoms with Crippen LogP contribution in [0.15, 0.2) is 89.8 Å². The van der Waals surface area contributed by atoms with Gasteiger partial charge in [-0.05, 0) is 42.3 Å². The highest BCUT2D eigenvalue weighted by atomic mass is 32.2. The number of para-hydroxylation sites is 2. The molecule has 1 unspecified atom stereocenters. The summed E-state index contributed by atoms with van der Waals surface area (Å²) < 4.78 is 5.94. The lowest BCUT2D eigenvalue weighted by molar-refractivity contribution is -0.136. The molecule has 126 valence electrons. The summed E-state index contributed by atoms with van der Waals surface area (Å²) in [4.78, 5) is 12.7. The van der Waals surface area contributed by atoms with E-state index in [1.165, 1.54) is 11.8 Å². The number of aliphatic carboxylic acids is 1. The molecule has 0 bridgehead atoms. The normalized spacial score (nSPS) is 11.7. The fourth-order valence-electron chi connectivity index (χ4n) is 2.43. The Bertz CT molecular complexity index is 819. The van der Waals surface area contributed by atoms with E-state index < -0.39 is 11.2 Å². The zero-order chi connectivity index (χ0) is 17.5. The first-order valence-electron chi connectivity index (χ1n) is 7.97. The molecular formula is C21H18O3S. The van der Waals surface area contributed by atoms with Gasteiger partial charge >= 0.3 is 5.97 Å². The van der Waals surface area contributed by atoms with Crippen LogP contribution in [0.2, 0.25) is 0 Å². The van der Waals surface area contributed by atoms with Crippen LogP contribution in [-0.4, -0.2) is 16.3 Å². The molecule has 0 saturated carbocycles. The van der Waals surface area contributed by atoms with Crippen molar-refractivity contribution in [3.05, 3.63) is 90.5 Å². The van der Waals surface area contributed by atoms with Crippen LogP contribution in [0.5, 0.6) is 11.5 Å². The van der Waals surface area contributed by atoms with Gasteiger partial charge in [0.25, 0.3) is 0 Å². The second kappa shape index (κ2) is 8.40. The van der Waals surface area contributed by atoms with Gasteiger partial charge in [-0.3, -0.25) is 4.79 Å². The Morgan fingerprint density at radius 3 is 2.16 bits per heavy atom. The molecular weight excluding hydrogens is 332 g/mol. The number of carboxylic acids is 1. The molecule has 3 aromatic rings. The smallest absolute Gasteiger partial charge is 0.317 e. The van der Waals surface area contributed by atoms with Crippen molar-refractivity contribution in [2.45, 2.75) is 16.6 Å². The van der Waals surface area contributed by atoms with Crippen LogP contribution in [0.25, 0.3) is 0 Å². The number of ether oxygens (including phenoxy) is 1. The maximum Gasteiger partial charge on any atom is 0.317 e. The molecule has 3 aromatic carbocycles. The zero-order valence-corrected chi connectivity index (χ0v) is 14.4. The highest BCUT2D eigenvalue weighted by Crippen LogP contribution is 2.31. The van der Waals surface area contributed by atoms with Gasteiger partial charge in [0.2, 0.25) is 0 Å². The maximum absolute atomic E-state index is 11.7. The lowest BCUT2D eigenvalue weighted by Gasteiger charge is -2.15. The predicted molar refractivity (Wildman–Crippen MR) is 100 cm³/mol. The first-order chi connectivity index (χ1) is 12.2. The van der Waals surface area contributed by atoms with Crippen LogP contribution in [-0.2, 0) is 11.2 Å². The quantitative estimate of drug-likeness (QED) is 0.590. The minimum atomic E-state index is -0.830. The van der Waals surface area contributed by atoms with Crippen molar-refractivity contribution in [2.75, 3.05) is 0 Å². The van der Waals surface area contributed by atoms with Crippen molar-refractivity contribution in [3.8, 4) is 11.5 Å². The molecule has 0 heterocycles. The Balaban J connectivity index is 1.79. The fraction of sp³-hybridized carbons (Fsp3) is 0.0952. The van der Waals surface area contributed by atoms with E-state index in [2.05, 4.69) is 0 Å². The number of rotatable bonds is 7. The van der Waals surface area contributed by atoms with E-state index in [9.17, 15) is 9.90 Å². The number of carboxylic acid groups (broad SMARTS) is 1. The van der Waals surface area contributed by atoms with Crippen molar-refractivity contribution >= 4 is 17.7 Å². The number of hydrogen-bond acceptors (Lipinski definition) is 3. The van der Waals surface area contributed by atoms with Gasteiger partial charge in [0.1, 0.15) is 16.7 Å². The van der Waals surface area contributed by atoms with Gasteiger partial charge in [-0.1, -0.05) is 54.6 Å². The summed E-state index contributed by atoms with van der Waals surface area (Å²) in [6.45, 7) is 0. The molecule has 4 heteroatoms. The molecule has 0 amide bonds. The molecule has 0 aromatic heterocycles. The monoisotopic (exact) mass is 350 g/mol. The third-order valence-corrected chi connectivity index (χ3v) is 4.84. The molecule has 0 saturated heterocycles. The standard InChI is InChI=1S/C21H18O3S/c22-21(23)20(25-18-12-5-2-6-13-18)15-16-9-7-8-14-19(16)24-17-10-3-1-4-11-17/h1-14,20H,15H2,(H,22,23). The second-order valence-electron chi connectivity index (χ2n) is 5.48. The highest BCUT2D eigenvalue weighted by Gasteiger charge is 2.21. The summed E-state index contributed by atoms with van der Waals surface area (Å²) in [5.74, 6) is 0.592. The van der Waals surface area contributed by atoms with Gasteiger partial charge < -0.3 is 9.84 Å². The largest absolute Gasteiger partial charge is 0.480 e. The average molecular weight is 350 g/mol. The maximum atomic E-state index is 11.7. The minimum Gasteiger partial charge on any atom is -0.480 e. The van der Waals surface area contributed by atoms with Gasteiger partial charge in [-0.2, -0.15) is 0 Å². The van der Waals surface area contributed by atoms with Crippen molar-refractivity contribution in [2.24, 2.45) is 0 Å². The van der Waals surface area contributed by atoms with Crippen molar-refractivity contribution < 1.29 is 14.6 Å². The summed E-state index contributed by atoms with van der Waals surface area (Å²) >= 11 is 1.35. The molecule has 3 nitrogen and oxygen atoms in total. The molecule has 0 spiro atoms. The molecule has 1 N–H and O–H groups in total. The second-order valence-corrected chi connectivity index (χ2v) is 6.76. The molecule has 25 heavy (non-hydrogen) atoms. The van der Waals surface area contributed by atoms with Crippen LogP contribution < -0.4 is 4.74 Å². The Labute approximate surface area is 151 Å². The lowest BCUT2D eigenvalue weighted by Crippen LogP contribution is -2.19. The van der Waals surface area contributed by atoms with Gasteiger partial charge in [0.15, 0.2) is 0 Å². The van der Waals surface area contributed by atoms with E-state index in [1.807, 2.05) is 84.9 Å². The Morgan fingerprint density at radius 1 is 0.880 bits per heavy atom. The molecule has 0 aliphatic rings. The number of hydrogen-bond donors (Lipinski definition) is 1. The summed E-state index contributed by atoms with van der Waals surface area (Å²) in [6.07, 6.45) is 0.387. The number of benzene rings is 3. The third kappa shape index (κ3) is 4.88. The van der Waals surface area contributed by atoms with Crippen LogP contribution in [0.1, 0.15) is 5.56 Å². The van der Waals surface area contributed by atoms with Crippen LogP contribution in [0.3, 0.4) is 0 Å². The SMILES string of the molecule is O=C(O)C(Cc1ccccc1Oc1ccccc1)Sc1ccccc1. The summed E-state index contributed by atoms with van der Waals surface area (Å²) in [5.41, 5.74) is 0.877. The number of thioether (sulfide) groups is 1. The summed E-state index contributed by atoms with van der Waals surface area (Å²) in [7, 11) is 0. The summed E-state index contributed by atoms with van der Waals surface area (Å²) in [6, 6.07) is 26.7. The molecule has 0 fully saturated rings. The van der Waals surface area contributed by atoms with E-state index in [0.29, 0.717) is 12.2 Å². The van der Waals surface area contributed by atoms with Crippen molar-refractivity contribution in [1.82, 2.24) is 0 Å². The number of carbonyl (C=O) groups is 1. The van der Waals surface area contributed by atoms with Gasteiger partial charge in [-0.25, -0.2) is 0 Å². The molecule has 1 atom stereocenters. The first-order valence-corrected chi connectivity index (χ1v) is 8.85. The topological polar surface area (TPSA) is 46.5 Å². The molecule has 3 rings (SSSR count). The van der Waals surface area contributed by atoms with Crippen molar-refractivity contribution in [3.63, 3.8) is 0 Å². The van der Waals surface area contributed by atoms with Gasteiger partial charge in [0.05, 0.1) is 0 Å². The predicted octanol–water partition coefficient (Wildman–Crippen LogP) is 5.27. The molecule has 0 radical (unpaired) electrons. The van der Waals surface area contributed by atoms with Gasteiger partial charge in [-0.15, -0.1) is 11.8 Å². The molecule has 0 aliphatic heterocycles. The fourth-order valence-corrected chi connectivity index (χ4v) is 3.44. The third-order valence-electron chi connectivity index (χ3n) is 3.65. The summed E-state index contributed by atoms with van der Waals surface area (Å²) in [5, 5.41) is 9.03. The van der Waals surface area contributed by atoms with Crippen molar-refractivity contribution in [1.29, 1.82) is 0 Å². The van der Waals surface area contributed by atoms with E-state index in [4.69, 9.17) is 4.74 Å². The van der Waals surface area contributed by atoms with E-state index in [1.54, 1.807) is 0 Å². The average Bonchev–Trinajstić information content (AvgIpc) is 2.64. The Hall–Kier alpha value is -2.72. The highest BCUT2D eigenvalue weighted by molar-refractivity contribution is 8.00. The lowest BCUT2D eigenvalue weighted by atomic mass is 10.1. The van der Waals surface area contributed by atoms with E-state index >= 15 is 0 Å². The van der Waals surface area contributed by atoms with Crippen LogP contribution in [0.4, 0.5) is 0 Å². The zero-order valence-electron chi connectivity index (χ0n) is 13.5. The van der Waals surface area contributed by atoms with E-state index in [0.717, 1.165) is 16.2 Å². The van der Waals surface area contributed by atoms with Crippen LogP contribution in [0, 0.1) is 0 Å².